The van der Waals surface area contributed by atoms with E-state index in [-0.39, 0.29) is 29.6 Å². The molecule has 10 heteroatoms. The quantitative estimate of drug-likeness (QED) is 0.104. The van der Waals surface area contributed by atoms with E-state index in [4.69, 9.17) is 0 Å². The van der Waals surface area contributed by atoms with Gasteiger partial charge in [0.1, 0.15) is 0 Å². The number of anilines is 1. The first-order valence-electron chi connectivity index (χ1n) is 13.6. The van der Waals surface area contributed by atoms with Crippen LogP contribution in [0.5, 0.6) is 0 Å². The molecule has 5 rings (SSSR count). The minimum atomic E-state index is -4.66. The van der Waals surface area contributed by atoms with Crippen molar-refractivity contribution in [2.45, 2.75) is 25.6 Å². The summed E-state index contributed by atoms with van der Waals surface area (Å²) in [6.07, 6.45) is -3.48. The zero-order chi connectivity index (χ0) is 31.5. The van der Waals surface area contributed by atoms with Crippen LogP contribution in [0, 0.1) is 0 Å². The van der Waals surface area contributed by atoms with Crippen LogP contribution in [0.2, 0.25) is 0 Å². The van der Waals surface area contributed by atoms with Gasteiger partial charge >= 0.3 is 18.1 Å². The first-order valence-corrected chi connectivity index (χ1v) is 13.6. The number of nitrogens with zero attached hydrogens (tertiary/aromatic N) is 1. The Morgan fingerprint density at radius 2 is 1.55 bits per heavy atom. The number of fused-ring (bicyclic) bond motifs is 1. The second-order valence-electron chi connectivity index (χ2n) is 9.87. The molecule has 0 saturated carbocycles. The summed E-state index contributed by atoms with van der Waals surface area (Å²) in [5, 5.41) is 3.34. The normalized spacial score (nSPS) is 11.8. The number of halogens is 5. The number of hydrogen-bond acceptors (Lipinski definition) is 5. The van der Waals surface area contributed by atoms with Crippen molar-refractivity contribution in [1.82, 2.24) is 4.98 Å². The molecule has 0 fully saturated rings. The van der Waals surface area contributed by atoms with Gasteiger partial charge in [-0.25, -0.2) is 4.79 Å². The summed E-state index contributed by atoms with van der Waals surface area (Å²) >= 11 is 0. The van der Waals surface area contributed by atoms with Crippen LogP contribution < -0.4 is 5.32 Å². The van der Waals surface area contributed by atoms with Gasteiger partial charge in [-0.1, -0.05) is 78.9 Å². The molecule has 0 atom stereocenters. The molecular weight excluding hydrogens is 579 g/mol. The molecule has 1 N–H and O–H groups in total. The van der Waals surface area contributed by atoms with E-state index in [9.17, 15) is 31.5 Å². The third-order valence-corrected chi connectivity index (χ3v) is 6.98. The molecule has 0 radical (unpaired) electrons. The number of rotatable bonds is 9. The van der Waals surface area contributed by atoms with E-state index in [1.807, 2.05) is 0 Å². The SMILES string of the molecule is CCOC(=O)C(F)(F)c1ccc(CNc2cccc(-c3c(C(=O)c4ccccc4)cnc4c(C(F)(F)F)cccc34)c2)cc1. The van der Waals surface area contributed by atoms with E-state index < -0.39 is 35.0 Å². The highest BCUT2D eigenvalue weighted by molar-refractivity contribution is 6.16. The van der Waals surface area contributed by atoms with Gasteiger partial charge in [0.15, 0.2) is 5.78 Å². The van der Waals surface area contributed by atoms with Crippen LogP contribution in [0.1, 0.15) is 39.5 Å². The molecule has 4 aromatic carbocycles. The first-order chi connectivity index (χ1) is 21.0. The summed E-state index contributed by atoms with van der Waals surface area (Å²) in [5.74, 6) is -5.81. The van der Waals surface area contributed by atoms with Gasteiger partial charge in [-0.2, -0.15) is 22.0 Å². The standard InChI is InChI=1S/C34H25F5N2O3/c1-2-44-32(43)33(35,36)24-16-14-21(15-17-24)19-40-25-11-6-10-23(18-25)29-26-12-7-13-28(34(37,38)39)30(26)41-20-27(29)31(42)22-8-4-3-5-9-22/h3-18,20,40H,2,19H2,1H3. The number of pyridine rings is 1. The van der Waals surface area contributed by atoms with Crippen LogP contribution in [-0.2, 0) is 28.2 Å². The minimum Gasteiger partial charge on any atom is -0.461 e. The Morgan fingerprint density at radius 3 is 2.23 bits per heavy atom. The monoisotopic (exact) mass is 604 g/mol. The van der Waals surface area contributed by atoms with Crippen LogP contribution in [-0.4, -0.2) is 23.3 Å². The lowest BCUT2D eigenvalue weighted by Crippen LogP contribution is -2.28. The van der Waals surface area contributed by atoms with Crippen molar-refractivity contribution < 1.29 is 36.3 Å². The number of ketones is 1. The molecular formula is C34H25F5N2O3. The highest BCUT2D eigenvalue weighted by Crippen LogP contribution is 2.39. The van der Waals surface area contributed by atoms with Gasteiger partial charge in [0.25, 0.3) is 0 Å². The van der Waals surface area contributed by atoms with Gasteiger partial charge in [-0.15, -0.1) is 0 Å². The van der Waals surface area contributed by atoms with E-state index in [1.54, 1.807) is 54.6 Å². The summed E-state index contributed by atoms with van der Waals surface area (Å²) in [7, 11) is 0. The number of hydrogen-bond donors (Lipinski definition) is 1. The predicted molar refractivity (Wildman–Crippen MR) is 156 cm³/mol. The fraction of sp³-hybridized carbons (Fsp3) is 0.147. The molecule has 0 aliphatic rings. The van der Waals surface area contributed by atoms with Crippen molar-refractivity contribution in [3.63, 3.8) is 0 Å². The zero-order valence-electron chi connectivity index (χ0n) is 23.3. The second kappa shape index (κ2) is 12.2. The van der Waals surface area contributed by atoms with Crippen LogP contribution in [0.3, 0.4) is 0 Å². The summed E-state index contributed by atoms with van der Waals surface area (Å²) in [4.78, 5) is 29.3. The van der Waals surface area contributed by atoms with Crippen molar-refractivity contribution in [2.24, 2.45) is 0 Å². The molecule has 0 aliphatic carbocycles. The molecule has 44 heavy (non-hydrogen) atoms. The Kier molecular flexibility index (Phi) is 8.44. The van der Waals surface area contributed by atoms with Crippen molar-refractivity contribution in [3.05, 3.63) is 131 Å². The molecule has 0 amide bonds. The average molecular weight is 605 g/mol. The largest absolute Gasteiger partial charge is 0.461 e. The number of alkyl halides is 5. The molecule has 0 bridgehead atoms. The summed E-state index contributed by atoms with van der Waals surface area (Å²) in [6, 6.07) is 24.1. The van der Waals surface area contributed by atoms with E-state index >= 15 is 0 Å². The number of ether oxygens (including phenoxy) is 1. The van der Waals surface area contributed by atoms with Gasteiger partial charge in [0, 0.05) is 46.1 Å². The van der Waals surface area contributed by atoms with Crippen molar-refractivity contribution in [2.75, 3.05) is 11.9 Å². The summed E-state index contributed by atoms with van der Waals surface area (Å²) in [6.45, 7) is 1.48. The maximum Gasteiger partial charge on any atom is 0.418 e. The van der Waals surface area contributed by atoms with Gasteiger partial charge in [0.05, 0.1) is 17.7 Å². The summed E-state index contributed by atoms with van der Waals surface area (Å²) < 4.78 is 74.8. The highest BCUT2D eigenvalue weighted by Gasteiger charge is 2.42. The third kappa shape index (κ3) is 6.15. The Hall–Kier alpha value is -5.12. The lowest BCUT2D eigenvalue weighted by molar-refractivity contribution is -0.173. The lowest BCUT2D eigenvalue weighted by Gasteiger charge is -2.17. The molecule has 5 aromatic rings. The van der Waals surface area contributed by atoms with E-state index in [0.29, 0.717) is 27.9 Å². The van der Waals surface area contributed by atoms with Gasteiger partial charge in [-0.05, 0) is 36.2 Å². The van der Waals surface area contributed by atoms with Crippen molar-refractivity contribution in [3.8, 4) is 11.1 Å². The molecule has 1 aromatic heterocycles. The fourth-order valence-corrected chi connectivity index (χ4v) is 4.84. The molecule has 5 nitrogen and oxygen atoms in total. The van der Waals surface area contributed by atoms with Gasteiger partial charge in [-0.3, -0.25) is 9.78 Å². The molecule has 1 heterocycles. The zero-order valence-corrected chi connectivity index (χ0v) is 23.3. The molecule has 0 spiro atoms. The van der Waals surface area contributed by atoms with Gasteiger partial charge in [0.2, 0.25) is 0 Å². The number of aromatic nitrogens is 1. The lowest BCUT2D eigenvalue weighted by atomic mass is 9.91. The van der Waals surface area contributed by atoms with Crippen LogP contribution in [0.25, 0.3) is 22.0 Å². The van der Waals surface area contributed by atoms with Crippen LogP contribution in [0.4, 0.5) is 27.6 Å². The van der Waals surface area contributed by atoms with E-state index in [1.165, 1.54) is 37.4 Å². The molecule has 0 unspecified atom stereocenters. The fourth-order valence-electron chi connectivity index (χ4n) is 4.84. The van der Waals surface area contributed by atoms with Crippen molar-refractivity contribution >= 4 is 28.3 Å². The maximum absolute atomic E-state index is 14.3. The predicted octanol–water partition coefficient (Wildman–Crippen LogP) is 8.42. The smallest absolute Gasteiger partial charge is 0.418 e. The number of benzene rings is 4. The Morgan fingerprint density at radius 1 is 0.841 bits per heavy atom. The molecule has 0 saturated heterocycles. The third-order valence-electron chi connectivity index (χ3n) is 6.98. The Balaban J connectivity index is 1.50. The minimum absolute atomic E-state index is 0.137. The Bertz CT molecular complexity index is 1820. The van der Waals surface area contributed by atoms with Crippen molar-refractivity contribution in [1.29, 1.82) is 0 Å². The van der Waals surface area contributed by atoms with E-state index in [0.717, 1.165) is 18.2 Å². The van der Waals surface area contributed by atoms with E-state index in [2.05, 4.69) is 15.0 Å². The topological polar surface area (TPSA) is 68.3 Å². The number of carbonyl (C=O) groups is 2. The number of para-hydroxylation sites is 1. The van der Waals surface area contributed by atoms with Gasteiger partial charge < -0.3 is 10.1 Å². The number of nitrogens with one attached hydrogen (secondary N) is 1. The second-order valence-corrected chi connectivity index (χ2v) is 9.87. The highest BCUT2D eigenvalue weighted by atomic mass is 19.4. The number of esters is 1. The average Bonchev–Trinajstić information content (AvgIpc) is 3.03. The Labute approximate surface area is 249 Å². The maximum atomic E-state index is 14.3. The first kappa shape index (κ1) is 30.3. The molecule has 224 valence electrons. The molecule has 0 aliphatic heterocycles. The van der Waals surface area contributed by atoms with Crippen LogP contribution >= 0.6 is 0 Å². The van der Waals surface area contributed by atoms with Crippen LogP contribution in [0.15, 0.2) is 103 Å². The summed E-state index contributed by atoms with van der Waals surface area (Å²) in [5.41, 5.74) is 0.765. The number of carbonyl (C=O) groups excluding carboxylic acids is 2.